The fourth-order valence-electron chi connectivity index (χ4n) is 1.81. The summed E-state index contributed by atoms with van der Waals surface area (Å²) in [5.41, 5.74) is 4.25. The highest BCUT2D eigenvalue weighted by atomic mass is 16.5. The van der Waals surface area contributed by atoms with Gasteiger partial charge in [-0.15, -0.1) is 0 Å². The van der Waals surface area contributed by atoms with Gasteiger partial charge in [-0.2, -0.15) is 5.10 Å². The second kappa shape index (κ2) is 7.21. The molecule has 6 heteroatoms. The van der Waals surface area contributed by atoms with Crippen LogP contribution in [-0.4, -0.2) is 30.8 Å². The predicted octanol–water partition coefficient (Wildman–Crippen LogP) is 2.25. The molecule has 1 aromatic carbocycles. The van der Waals surface area contributed by atoms with Crippen molar-refractivity contribution in [1.29, 1.82) is 0 Å². The van der Waals surface area contributed by atoms with Gasteiger partial charge in [0.15, 0.2) is 11.5 Å². The number of hydrazone groups is 1. The summed E-state index contributed by atoms with van der Waals surface area (Å²) in [6, 6.07) is 10.4. The number of methoxy groups -OCH3 is 2. The van der Waals surface area contributed by atoms with Crippen molar-refractivity contribution >= 4 is 11.6 Å². The highest BCUT2D eigenvalue weighted by Crippen LogP contribution is 2.27. The molecular weight excluding hydrogens is 282 g/mol. The van der Waals surface area contributed by atoms with Gasteiger partial charge in [0.25, 0.3) is 5.91 Å². The molecule has 2 aromatic rings. The predicted molar refractivity (Wildman–Crippen MR) is 83.5 cm³/mol. The molecule has 0 bridgehead atoms. The van der Waals surface area contributed by atoms with E-state index < -0.39 is 0 Å². The highest BCUT2D eigenvalue weighted by Gasteiger charge is 2.10. The summed E-state index contributed by atoms with van der Waals surface area (Å²) in [7, 11) is 3.06. The number of nitrogens with zero attached hydrogens (tertiary/aromatic N) is 2. The summed E-state index contributed by atoms with van der Waals surface area (Å²) < 4.78 is 10.3. The van der Waals surface area contributed by atoms with Gasteiger partial charge in [0.1, 0.15) is 0 Å². The Kier molecular flexibility index (Phi) is 5.08. The van der Waals surface area contributed by atoms with E-state index in [0.717, 1.165) is 0 Å². The topological polar surface area (TPSA) is 72.8 Å². The van der Waals surface area contributed by atoms with Gasteiger partial charge < -0.3 is 9.47 Å². The van der Waals surface area contributed by atoms with Crippen LogP contribution in [0.25, 0.3) is 0 Å². The quantitative estimate of drug-likeness (QED) is 0.679. The third-order valence-electron chi connectivity index (χ3n) is 3.01. The van der Waals surface area contributed by atoms with E-state index in [1.165, 1.54) is 14.2 Å². The Balaban J connectivity index is 2.12. The maximum atomic E-state index is 12.1. The Bertz CT molecular complexity index is 684. The SMILES string of the molecule is COc1ccc(C(=O)N/N=C(/C)c2ccccn2)cc1OC. The lowest BCUT2D eigenvalue weighted by molar-refractivity contribution is 0.0954. The van der Waals surface area contributed by atoms with Crippen molar-refractivity contribution in [1.82, 2.24) is 10.4 Å². The Morgan fingerprint density at radius 3 is 2.55 bits per heavy atom. The molecule has 6 nitrogen and oxygen atoms in total. The molecule has 1 aromatic heterocycles. The monoisotopic (exact) mass is 299 g/mol. The molecule has 22 heavy (non-hydrogen) atoms. The number of amides is 1. The summed E-state index contributed by atoms with van der Waals surface area (Å²) in [6.07, 6.45) is 1.67. The van der Waals surface area contributed by atoms with Crippen molar-refractivity contribution in [2.75, 3.05) is 14.2 Å². The van der Waals surface area contributed by atoms with E-state index in [1.54, 1.807) is 31.3 Å². The van der Waals surface area contributed by atoms with Crippen LogP contribution < -0.4 is 14.9 Å². The van der Waals surface area contributed by atoms with E-state index in [2.05, 4.69) is 15.5 Å². The molecule has 0 saturated heterocycles. The second-order valence-corrected chi connectivity index (χ2v) is 4.42. The van der Waals surface area contributed by atoms with Gasteiger partial charge in [0.05, 0.1) is 25.6 Å². The molecule has 0 unspecified atom stereocenters. The number of hydrogen-bond acceptors (Lipinski definition) is 5. The molecule has 2 rings (SSSR count). The molecule has 0 radical (unpaired) electrons. The van der Waals surface area contributed by atoms with Crippen LogP contribution in [-0.2, 0) is 0 Å². The third-order valence-corrected chi connectivity index (χ3v) is 3.01. The van der Waals surface area contributed by atoms with Gasteiger partial charge in [-0.05, 0) is 37.3 Å². The van der Waals surface area contributed by atoms with E-state index in [-0.39, 0.29) is 5.91 Å². The van der Waals surface area contributed by atoms with E-state index >= 15 is 0 Å². The standard InChI is InChI=1S/C16H17N3O3/c1-11(13-6-4-5-9-17-13)18-19-16(20)12-7-8-14(21-2)15(10-12)22-3/h4-10H,1-3H3,(H,19,20)/b18-11-. The molecule has 1 amide bonds. The Labute approximate surface area is 128 Å². The second-order valence-electron chi connectivity index (χ2n) is 4.42. The minimum Gasteiger partial charge on any atom is -0.493 e. The van der Waals surface area contributed by atoms with Crippen LogP contribution in [0, 0.1) is 0 Å². The Hall–Kier alpha value is -2.89. The van der Waals surface area contributed by atoms with E-state index in [0.29, 0.717) is 28.5 Å². The number of benzene rings is 1. The normalized spacial score (nSPS) is 11.0. The number of ether oxygens (including phenoxy) is 2. The lowest BCUT2D eigenvalue weighted by Gasteiger charge is -2.09. The number of nitrogens with one attached hydrogen (secondary N) is 1. The average Bonchev–Trinajstić information content (AvgIpc) is 2.59. The number of aromatic nitrogens is 1. The smallest absolute Gasteiger partial charge is 0.271 e. The van der Waals surface area contributed by atoms with Crippen molar-refractivity contribution < 1.29 is 14.3 Å². The van der Waals surface area contributed by atoms with E-state index in [4.69, 9.17) is 9.47 Å². The summed E-state index contributed by atoms with van der Waals surface area (Å²) in [5, 5.41) is 4.05. The van der Waals surface area contributed by atoms with Crippen LogP contribution in [0.15, 0.2) is 47.7 Å². The molecule has 0 aliphatic heterocycles. The Morgan fingerprint density at radius 2 is 1.91 bits per heavy atom. The highest BCUT2D eigenvalue weighted by molar-refractivity contribution is 5.99. The molecule has 0 atom stereocenters. The molecular formula is C16H17N3O3. The largest absolute Gasteiger partial charge is 0.493 e. The van der Waals surface area contributed by atoms with E-state index in [9.17, 15) is 4.79 Å². The molecule has 0 spiro atoms. The van der Waals surface area contributed by atoms with Crippen LogP contribution in [0.4, 0.5) is 0 Å². The first-order valence-electron chi connectivity index (χ1n) is 6.63. The fraction of sp³-hybridized carbons (Fsp3) is 0.188. The molecule has 0 saturated carbocycles. The molecule has 0 aliphatic rings. The first-order chi connectivity index (χ1) is 10.7. The number of carbonyl (C=O) groups excluding carboxylic acids is 1. The zero-order valence-electron chi connectivity index (χ0n) is 12.7. The van der Waals surface area contributed by atoms with Crippen molar-refractivity contribution in [3.63, 3.8) is 0 Å². The molecule has 114 valence electrons. The number of pyridine rings is 1. The van der Waals surface area contributed by atoms with Crippen LogP contribution in [0.3, 0.4) is 0 Å². The van der Waals surface area contributed by atoms with Crippen molar-refractivity contribution in [2.45, 2.75) is 6.92 Å². The van der Waals surface area contributed by atoms with Crippen molar-refractivity contribution in [2.24, 2.45) is 5.10 Å². The van der Waals surface area contributed by atoms with Gasteiger partial charge in [-0.1, -0.05) is 6.07 Å². The summed E-state index contributed by atoms with van der Waals surface area (Å²) in [6.45, 7) is 1.78. The Morgan fingerprint density at radius 1 is 1.14 bits per heavy atom. The lowest BCUT2D eigenvalue weighted by Crippen LogP contribution is -2.19. The van der Waals surface area contributed by atoms with E-state index in [1.807, 2.05) is 18.2 Å². The summed E-state index contributed by atoms with van der Waals surface area (Å²) >= 11 is 0. The first-order valence-corrected chi connectivity index (χ1v) is 6.63. The van der Waals surface area contributed by atoms with Crippen LogP contribution in [0.5, 0.6) is 11.5 Å². The maximum absolute atomic E-state index is 12.1. The first kappa shape index (κ1) is 15.5. The van der Waals surface area contributed by atoms with Gasteiger partial charge >= 0.3 is 0 Å². The molecule has 1 heterocycles. The zero-order valence-corrected chi connectivity index (χ0v) is 12.7. The molecule has 1 N–H and O–H groups in total. The molecule has 0 fully saturated rings. The zero-order chi connectivity index (χ0) is 15.9. The lowest BCUT2D eigenvalue weighted by atomic mass is 10.2. The van der Waals surface area contributed by atoms with Crippen LogP contribution in [0.2, 0.25) is 0 Å². The fourth-order valence-corrected chi connectivity index (χ4v) is 1.81. The minimum atomic E-state index is -0.337. The maximum Gasteiger partial charge on any atom is 0.271 e. The average molecular weight is 299 g/mol. The molecule has 0 aliphatic carbocycles. The van der Waals surface area contributed by atoms with Crippen molar-refractivity contribution in [3.05, 3.63) is 53.9 Å². The number of hydrogen-bond donors (Lipinski definition) is 1. The minimum absolute atomic E-state index is 0.337. The van der Waals surface area contributed by atoms with Gasteiger partial charge in [-0.25, -0.2) is 5.43 Å². The summed E-state index contributed by atoms with van der Waals surface area (Å²) in [4.78, 5) is 16.3. The van der Waals surface area contributed by atoms with Crippen molar-refractivity contribution in [3.8, 4) is 11.5 Å². The van der Waals surface area contributed by atoms with Gasteiger partial charge in [-0.3, -0.25) is 9.78 Å². The number of carbonyl (C=O) groups is 1. The summed E-state index contributed by atoms with van der Waals surface area (Å²) in [5.74, 6) is 0.712. The third kappa shape index (κ3) is 3.60. The number of rotatable bonds is 5. The van der Waals surface area contributed by atoms with Gasteiger partial charge in [0, 0.05) is 11.8 Å². The van der Waals surface area contributed by atoms with Crippen LogP contribution in [0.1, 0.15) is 23.0 Å². The van der Waals surface area contributed by atoms with Crippen LogP contribution >= 0.6 is 0 Å². The van der Waals surface area contributed by atoms with Gasteiger partial charge in [0.2, 0.25) is 0 Å².